The number of rotatable bonds is 4. The predicted octanol–water partition coefficient (Wildman–Crippen LogP) is 3.08. The van der Waals surface area contributed by atoms with E-state index in [-0.39, 0.29) is 11.7 Å². The minimum Gasteiger partial charge on any atom is -0.298 e. The lowest BCUT2D eigenvalue weighted by Crippen LogP contribution is -2.05. The van der Waals surface area contributed by atoms with Crippen LogP contribution in [0.2, 0.25) is 0 Å². The summed E-state index contributed by atoms with van der Waals surface area (Å²) in [5.74, 6) is 0.532. The summed E-state index contributed by atoms with van der Waals surface area (Å²) in [5.41, 5.74) is 3.16. The lowest BCUT2D eigenvalue weighted by atomic mass is 10.0. The Kier molecular flexibility index (Phi) is 4.43. The molecule has 0 N–H and O–H groups in total. The number of hydrogen-bond donors (Lipinski definition) is 0. The van der Waals surface area contributed by atoms with Gasteiger partial charge in [0.05, 0.1) is 5.88 Å². The van der Waals surface area contributed by atoms with E-state index >= 15 is 0 Å². The molecule has 76 valence electrons. The van der Waals surface area contributed by atoms with Crippen molar-refractivity contribution < 1.29 is 4.79 Å². The highest BCUT2D eigenvalue weighted by Crippen LogP contribution is 2.15. The van der Waals surface area contributed by atoms with Crippen molar-refractivity contribution in [2.45, 2.75) is 19.2 Å². The molecule has 0 fully saturated rings. The van der Waals surface area contributed by atoms with Gasteiger partial charge in [-0.25, -0.2) is 0 Å². The van der Waals surface area contributed by atoms with Gasteiger partial charge in [0.1, 0.15) is 0 Å². The van der Waals surface area contributed by atoms with E-state index in [1.807, 2.05) is 25.1 Å². The first-order valence-electron chi connectivity index (χ1n) is 4.39. The second-order valence-electron chi connectivity index (χ2n) is 3.25. The van der Waals surface area contributed by atoms with E-state index in [0.717, 1.165) is 16.7 Å². The average molecular weight is 231 g/mol. The van der Waals surface area contributed by atoms with Gasteiger partial charge in [-0.3, -0.25) is 4.79 Å². The van der Waals surface area contributed by atoms with Crippen molar-refractivity contribution in [3.8, 4) is 0 Å². The molecule has 14 heavy (non-hydrogen) atoms. The summed E-state index contributed by atoms with van der Waals surface area (Å²) in [6.45, 7) is 2.00. The Balaban J connectivity index is 2.90. The molecule has 0 aliphatic heterocycles. The smallest absolute Gasteiger partial charge is 0.151 e. The maximum absolute atomic E-state index is 11.2. The topological polar surface area (TPSA) is 17.1 Å². The van der Waals surface area contributed by atoms with Gasteiger partial charge < -0.3 is 0 Å². The SMILES string of the molecule is Cc1ccc(CC(=O)CCl)c(CCl)c1. The number of hydrogen-bond acceptors (Lipinski definition) is 1. The monoisotopic (exact) mass is 230 g/mol. The van der Waals surface area contributed by atoms with Crippen molar-refractivity contribution in [3.05, 3.63) is 34.9 Å². The van der Waals surface area contributed by atoms with E-state index < -0.39 is 0 Å². The Bertz CT molecular complexity index is 334. The van der Waals surface area contributed by atoms with Gasteiger partial charge in [0.15, 0.2) is 5.78 Å². The largest absolute Gasteiger partial charge is 0.298 e. The number of halogens is 2. The summed E-state index contributed by atoms with van der Waals surface area (Å²) >= 11 is 11.2. The molecule has 1 aromatic carbocycles. The Morgan fingerprint density at radius 3 is 2.57 bits per heavy atom. The van der Waals surface area contributed by atoms with E-state index in [9.17, 15) is 4.79 Å². The Labute approximate surface area is 94.0 Å². The van der Waals surface area contributed by atoms with Crippen LogP contribution in [0.4, 0.5) is 0 Å². The first-order chi connectivity index (χ1) is 6.67. The maximum atomic E-state index is 11.2. The van der Waals surface area contributed by atoms with Crippen molar-refractivity contribution in [2.75, 3.05) is 5.88 Å². The normalized spacial score (nSPS) is 10.2. The summed E-state index contributed by atoms with van der Waals surface area (Å²) in [4.78, 5) is 11.2. The molecule has 0 bridgehead atoms. The van der Waals surface area contributed by atoms with Crippen LogP contribution in [-0.2, 0) is 17.1 Å². The third-order valence-electron chi connectivity index (χ3n) is 2.04. The molecule has 0 atom stereocenters. The van der Waals surface area contributed by atoms with Gasteiger partial charge >= 0.3 is 0 Å². The van der Waals surface area contributed by atoms with Gasteiger partial charge in [0.2, 0.25) is 0 Å². The zero-order valence-corrected chi connectivity index (χ0v) is 9.53. The number of aryl methyl sites for hydroxylation is 1. The van der Waals surface area contributed by atoms with Crippen molar-refractivity contribution >= 4 is 29.0 Å². The molecule has 1 nitrogen and oxygen atoms in total. The van der Waals surface area contributed by atoms with Crippen molar-refractivity contribution in [1.82, 2.24) is 0 Å². The molecule has 0 aliphatic carbocycles. The molecule has 3 heteroatoms. The molecule has 0 spiro atoms. The van der Waals surface area contributed by atoms with Crippen molar-refractivity contribution in [1.29, 1.82) is 0 Å². The van der Waals surface area contributed by atoms with Gasteiger partial charge in [-0.2, -0.15) is 0 Å². The maximum Gasteiger partial charge on any atom is 0.151 e. The van der Waals surface area contributed by atoms with Gasteiger partial charge in [-0.05, 0) is 18.1 Å². The van der Waals surface area contributed by atoms with Crippen LogP contribution in [0.25, 0.3) is 0 Å². The third kappa shape index (κ3) is 3.00. The zero-order valence-electron chi connectivity index (χ0n) is 8.02. The van der Waals surface area contributed by atoms with E-state index in [2.05, 4.69) is 0 Å². The average Bonchev–Trinajstić information content (AvgIpc) is 2.20. The Hall–Kier alpha value is -0.530. The van der Waals surface area contributed by atoms with Crippen LogP contribution in [0.15, 0.2) is 18.2 Å². The van der Waals surface area contributed by atoms with Crippen LogP contribution >= 0.6 is 23.2 Å². The van der Waals surface area contributed by atoms with Crippen molar-refractivity contribution in [3.63, 3.8) is 0 Å². The molecule has 0 aliphatic rings. The molecule has 0 heterocycles. The summed E-state index contributed by atoms with van der Waals surface area (Å²) in [7, 11) is 0. The first-order valence-corrected chi connectivity index (χ1v) is 5.46. The van der Waals surface area contributed by atoms with Crippen LogP contribution in [0.1, 0.15) is 16.7 Å². The lowest BCUT2D eigenvalue weighted by Gasteiger charge is -2.06. The molecule has 0 amide bonds. The third-order valence-corrected chi connectivity index (χ3v) is 2.63. The number of benzene rings is 1. The van der Waals surface area contributed by atoms with Crippen LogP contribution in [0, 0.1) is 6.92 Å². The quantitative estimate of drug-likeness (QED) is 0.727. The first kappa shape index (κ1) is 11.5. The highest BCUT2D eigenvalue weighted by molar-refractivity contribution is 6.27. The molecule has 0 radical (unpaired) electrons. The molecule has 1 aromatic rings. The molecule has 0 saturated heterocycles. The van der Waals surface area contributed by atoms with E-state index in [0.29, 0.717) is 12.3 Å². The molecule has 0 unspecified atom stereocenters. The minimum absolute atomic E-state index is 0.0295. The Morgan fingerprint density at radius 1 is 1.29 bits per heavy atom. The van der Waals surface area contributed by atoms with E-state index in [1.54, 1.807) is 0 Å². The Morgan fingerprint density at radius 2 is 2.00 bits per heavy atom. The van der Waals surface area contributed by atoms with Crippen LogP contribution in [0.5, 0.6) is 0 Å². The van der Waals surface area contributed by atoms with Gasteiger partial charge in [0.25, 0.3) is 0 Å². The summed E-state index contributed by atoms with van der Waals surface area (Å²) < 4.78 is 0. The minimum atomic E-state index is 0.0295. The second-order valence-corrected chi connectivity index (χ2v) is 3.79. The second kappa shape index (κ2) is 5.38. The summed E-state index contributed by atoms with van der Waals surface area (Å²) in [5, 5.41) is 0. The fourth-order valence-electron chi connectivity index (χ4n) is 1.31. The van der Waals surface area contributed by atoms with E-state index in [1.165, 1.54) is 0 Å². The number of ketones is 1. The summed E-state index contributed by atoms with van der Waals surface area (Å²) in [6.07, 6.45) is 0.381. The number of alkyl halides is 2. The van der Waals surface area contributed by atoms with Gasteiger partial charge in [-0.1, -0.05) is 23.8 Å². The lowest BCUT2D eigenvalue weighted by molar-refractivity contribution is -0.116. The number of carbonyl (C=O) groups is 1. The molecule has 1 rings (SSSR count). The molecule has 0 aromatic heterocycles. The molecular formula is C11H12Cl2O. The van der Waals surface area contributed by atoms with Gasteiger partial charge in [-0.15, -0.1) is 23.2 Å². The van der Waals surface area contributed by atoms with Crippen molar-refractivity contribution in [2.24, 2.45) is 0 Å². The number of carbonyl (C=O) groups excluding carboxylic acids is 1. The number of Topliss-reactive ketones (excluding diaryl/α,β-unsaturated/α-hetero) is 1. The van der Waals surface area contributed by atoms with Crippen LogP contribution in [0.3, 0.4) is 0 Å². The van der Waals surface area contributed by atoms with Crippen LogP contribution < -0.4 is 0 Å². The van der Waals surface area contributed by atoms with Crippen LogP contribution in [-0.4, -0.2) is 11.7 Å². The van der Waals surface area contributed by atoms with Gasteiger partial charge in [0, 0.05) is 12.3 Å². The fraction of sp³-hybridized carbons (Fsp3) is 0.364. The predicted molar refractivity (Wildman–Crippen MR) is 60.2 cm³/mol. The van der Waals surface area contributed by atoms with E-state index in [4.69, 9.17) is 23.2 Å². The zero-order chi connectivity index (χ0) is 10.6. The highest BCUT2D eigenvalue weighted by atomic mass is 35.5. The summed E-state index contributed by atoms with van der Waals surface area (Å²) in [6, 6.07) is 5.92. The molecular weight excluding hydrogens is 219 g/mol. The highest BCUT2D eigenvalue weighted by Gasteiger charge is 2.06. The molecule has 0 saturated carbocycles. The fourth-order valence-corrected chi connectivity index (χ4v) is 1.65. The standard InChI is InChI=1S/C11H12Cl2O/c1-8-2-3-9(5-11(14)7-13)10(4-8)6-12/h2-4H,5-7H2,1H3.